The standard InChI is InChI=1S/C12H25N5O2S/c1-11(2)13-5-8-17-10-12(9-14-17)20(18,19)15-6-7-16(3)4/h9-11,13,15H,5-8H2,1-4H3. The smallest absolute Gasteiger partial charge is 0.243 e. The summed E-state index contributed by atoms with van der Waals surface area (Å²) in [6.45, 7) is 6.57. The summed E-state index contributed by atoms with van der Waals surface area (Å²) >= 11 is 0. The zero-order chi connectivity index (χ0) is 15.2. The number of nitrogens with one attached hydrogen (secondary N) is 2. The van der Waals surface area contributed by atoms with E-state index in [1.54, 1.807) is 10.9 Å². The van der Waals surface area contributed by atoms with E-state index in [1.807, 2.05) is 19.0 Å². The van der Waals surface area contributed by atoms with Crippen LogP contribution in [0.15, 0.2) is 17.3 Å². The lowest BCUT2D eigenvalue weighted by atomic mass is 10.4. The molecule has 0 aromatic carbocycles. The SMILES string of the molecule is CC(C)NCCn1cc(S(=O)(=O)NCCN(C)C)cn1. The molecule has 7 nitrogen and oxygen atoms in total. The van der Waals surface area contributed by atoms with Gasteiger partial charge in [0.15, 0.2) is 0 Å². The third-order valence-corrected chi connectivity index (χ3v) is 4.08. The third-order valence-electron chi connectivity index (χ3n) is 2.66. The highest BCUT2D eigenvalue weighted by Crippen LogP contribution is 2.06. The Morgan fingerprint density at radius 2 is 2.05 bits per heavy atom. The molecule has 2 N–H and O–H groups in total. The first-order chi connectivity index (χ1) is 9.31. The second-order valence-electron chi connectivity index (χ2n) is 5.25. The van der Waals surface area contributed by atoms with Gasteiger partial charge in [-0.05, 0) is 14.1 Å². The Balaban J connectivity index is 2.52. The minimum atomic E-state index is -3.46. The molecule has 0 aliphatic carbocycles. The van der Waals surface area contributed by atoms with Gasteiger partial charge in [0.2, 0.25) is 10.0 Å². The van der Waals surface area contributed by atoms with E-state index in [1.165, 1.54) is 6.20 Å². The molecule has 0 spiro atoms. The van der Waals surface area contributed by atoms with Crippen LogP contribution in [0.5, 0.6) is 0 Å². The van der Waals surface area contributed by atoms with Gasteiger partial charge in [-0.15, -0.1) is 0 Å². The molecule has 1 heterocycles. The monoisotopic (exact) mass is 303 g/mol. The fraction of sp³-hybridized carbons (Fsp3) is 0.750. The van der Waals surface area contributed by atoms with Gasteiger partial charge < -0.3 is 10.2 Å². The van der Waals surface area contributed by atoms with E-state index in [2.05, 4.69) is 29.0 Å². The average molecular weight is 303 g/mol. The van der Waals surface area contributed by atoms with Gasteiger partial charge in [-0.1, -0.05) is 13.8 Å². The average Bonchev–Trinajstić information content (AvgIpc) is 2.77. The van der Waals surface area contributed by atoms with Crippen molar-refractivity contribution in [3.05, 3.63) is 12.4 Å². The molecule has 0 saturated carbocycles. The summed E-state index contributed by atoms with van der Waals surface area (Å²) in [7, 11) is 0.337. The van der Waals surface area contributed by atoms with E-state index >= 15 is 0 Å². The molecule has 0 radical (unpaired) electrons. The van der Waals surface area contributed by atoms with Crippen molar-refractivity contribution in [2.24, 2.45) is 0 Å². The number of rotatable bonds is 9. The molecule has 8 heteroatoms. The largest absolute Gasteiger partial charge is 0.313 e. The Bertz CT molecular complexity index is 496. The highest BCUT2D eigenvalue weighted by atomic mass is 32.2. The Hall–Kier alpha value is -0.960. The third kappa shape index (κ3) is 6.00. The summed E-state index contributed by atoms with van der Waals surface area (Å²) in [6, 6.07) is 0.404. The highest BCUT2D eigenvalue weighted by Gasteiger charge is 2.15. The van der Waals surface area contributed by atoms with E-state index in [9.17, 15) is 8.42 Å². The molecular weight excluding hydrogens is 278 g/mol. The summed E-state index contributed by atoms with van der Waals surface area (Å²) in [6.07, 6.45) is 2.94. The van der Waals surface area contributed by atoms with Gasteiger partial charge in [-0.25, -0.2) is 13.1 Å². The minimum absolute atomic E-state index is 0.209. The number of nitrogens with zero attached hydrogens (tertiary/aromatic N) is 3. The summed E-state index contributed by atoms with van der Waals surface area (Å²) < 4.78 is 28.2. The Morgan fingerprint density at radius 3 is 2.65 bits per heavy atom. The maximum absolute atomic E-state index is 12.0. The summed E-state index contributed by atoms with van der Waals surface area (Å²) in [5.41, 5.74) is 0. The van der Waals surface area contributed by atoms with Crippen molar-refractivity contribution in [2.75, 3.05) is 33.7 Å². The first-order valence-electron chi connectivity index (χ1n) is 6.71. The summed E-state index contributed by atoms with van der Waals surface area (Å²) in [4.78, 5) is 2.13. The second-order valence-corrected chi connectivity index (χ2v) is 7.02. The van der Waals surface area contributed by atoms with Crippen LogP contribution in [0.2, 0.25) is 0 Å². The fourth-order valence-electron chi connectivity index (χ4n) is 1.56. The van der Waals surface area contributed by atoms with Crippen molar-refractivity contribution in [2.45, 2.75) is 31.3 Å². The summed E-state index contributed by atoms with van der Waals surface area (Å²) in [5, 5.41) is 7.33. The van der Waals surface area contributed by atoms with Gasteiger partial charge in [-0.2, -0.15) is 5.10 Å². The molecule has 116 valence electrons. The molecule has 0 aliphatic rings. The van der Waals surface area contributed by atoms with E-state index in [0.29, 0.717) is 25.7 Å². The molecule has 0 fully saturated rings. The van der Waals surface area contributed by atoms with Crippen LogP contribution in [-0.4, -0.2) is 62.9 Å². The lowest BCUT2D eigenvalue weighted by molar-refractivity contribution is 0.412. The van der Waals surface area contributed by atoms with Gasteiger partial charge >= 0.3 is 0 Å². The van der Waals surface area contributed by atoms with Gasteiger partial charge in [0, 0.05) is 31.9 Å². The van der Waals surface area contributed by atoms with Gasteiger partial charge in [-0.3, -0.25) is 4.68 Å². The van der Waals surface area contributed by atoms with Crippen molar-refractivity contribution in [1.29, 1.82) is 0 Å². The second kappa shape index (κ2) is 7.72. The number of sulfonamides is 1. The van der Waals surface area contributed by atoms with E-state index in [-0.39, 0.29) is 4.90 Å². The van der Waals surface area contributed by atoms with Gasteiger partial charge in [0.1, 0.15) is 4.90 Å². The van der Waals surface area contributed by atoms with Crippen molar-refractivity contribution >= 4 is 10.0 Å². The topological polar surface area (TPSA) is 79.3 Å². The Morgan fingerprint density at radius 1 is 1.35 bits per heavy atom. The molecule has 0 bridgehead atoms. The molecule has 1 aromatic heterocycles. The predicted molar refractivity (Wildman–Crippen MR) is 79.1 cm³/mol. The van der Waals surface area contributed by atoms with Crippen molar-refractivity contribution in [3.8, 4) is 0 Å². The van der Waals surface area contributed by atoms with Crippen LogP contribution in [0.3, 0.4) is 0 Å². The molecule has 0 saturated heterocycles. The molecule has 1 rings (SSSR count). The maximum Gasteiger partial charge on any atom is 0.243 e. The molecule has 0 aliphatic heterocycles. The predicted octanol–water partition coefficient (Wildman–Crippen LogP) is -0.279. The fourth-order valence-corrected chi connectivity index (χ4v) is 2.53. The molecule has 1 aromatic rings. The molecule has 0 atom stereocenters. The Kier molecular flexibility index (Phi) is 6.60. The van der Waals surface area contributed by atoms with Crippen molar-refractivity contribution in [3.63, 3.8) is 0 Å². The van der Waals surface area contributed by atoms with Gasteiger partial charge in [0.25, 0.3) is 0 Å². The number of likely N-dealkylation sites (N-methyl/N-ethyl adjacent to an activating group) is 1. The summed E-state index contributed by atoms with van der Waals surface area (Å²) in [5.74, 6) is 0. The van der Waals surface area contributed by atoms with Crippen LogP contribution >= 0.6 is 0 Å². The molecule has 0 unspecified atom stereocenters. The van der Waals surface area contributed by atoms with Crippen molar-refractivity contribution in [1.82, 2.24) is 24.7 Å². The quantitative estimate of drug-likeness (QED) is 0.656. The lowest BCUT2D eigenvalue weighted by Gasteiger charge is -2.10. The zero-order valence-corrected chi connectivity index (χ0v) is 13.4. The molecule has 20 heavy (non-hydrogen) atoms. The first kappa shape index (κ1) is 17.1. The van der Waals surface area contributed by atoms with Crippen LogP contribution in [0.1, 0.15) is 13.8 Å². The molecular formula is C12H25N5O2S. The van der Waals surface area contributed by atoms with Crippen LogP contribution < -0.4 is 10.0 Å². The van der Waals surface area contributed by atoms with Crippen LogP contribution in [0.25, 0.3) is 0 Å². The minimum Gasteiger partial charge on any atom is -0.313 e. The molecule has 0 amide bonds. The van der Waals surface area contributed by atoms with E-state index in [0.717, 1.165) is 6.54 Å². The van der Waals surface area contributed by atoms with E-state index in [4.69, 9.17) is 0 Å². The van der Waals surface area contributed by atoms with E-state index < -0.39 is 10.0 Å². The highest BCUT2D eigenvalue weighted by molar-refractivity contribution is 7.89. The number of aromatic nitrogens is 2. The lowest BCUT2D eigenvalue weighted by Crippen LogP contribution is -2.31. The normalized spacial score (nSPS) is 12.5. The maximum atomic E-state index is 12.0. The van der Waals surface area contributed by atoms with Crippen LogP contribution in [0, 0.1) is 0 Å². The number of hydrogen-bond acceptors (Lipinski definition) is 5. The Labute approximate surface area is 121 Å². The van der Waals surface area contributed by atoms with Crippen molar-refractivity contribution < 1.29 is 8.42 Å². The van der Waals surface area contributed by atoms with Gasteiger partial charge in [0.05, 0.1) is 12.7 Å². The van der Waals surface area contributed by atoms with Crippen LogP contribution in [-0.2, 0) is 16.6 Å². The first-order valence-corrected chi connectivity index (χ1v) is 8.20. The number of hydrogen-bond donors (Lipinski definition) is 2. The zero-order valence-electron chi connectivity index (χ0n) is 12.6. The van der Waals surface area contributed by atoms with Crippen LogP contribution in [0.4, 0.5) is 0 Å².